The number of allylic oxidation sites excluding steroid dienone is 2. The van der Waals surface area contributed by atoms with Crippen LogP contribution < -0.4 is 0 Å². The van der Waals surface area contributed by atoms with Gasteiger partial charge in [0.25, 0.3) is 0 Å². The highest BCUT2D eigenvalue weighted by Crippen LogP contribution is 2.15. The highest BCUT2D eigenvalue weighted by atomic mass is 35.5. The maximum atomic E-state index is 5.93. The number of unbranched alkanes of at least 4 members (excludes halogenated alkanes) is 3. The summed E-state index contributed by atoms with van der Waals surface area (Å²) in [6, 6.07) is 0. The lowest BCUT2D eigenvalue weighted by molar-refractivity contribution is 0.727. The van der Waals surface area contributed by atoms with Crippen LogP contribution in [0.25, 0.3) is 0 Å². The van der Waals surface area contributed by atoms with Crippen molar-refractivity contribution in [1.29, 1.82) is 0 Å². The Morgan fingerprint density at radius 2 is 2.08 bits per heavy atom. The molecular weight excluding hydrogens is 191 g/mol. The zero-order valence-electron chi connectivity index (χ0n) is 7.95. The van der Waals surface area contributed by atoms with Gasteiger partial charge in [0.1, 0.15) is 0 Å². The van der Waals surface area contributed by atoms with Gasteiger partial charge < -0.3 is 0 Å². The molecule has 1 atom stereocenters. The lowest BCUT2D eigenvalue weighted by Crippen LogP contribution is -1.89. The molecule has 0 aromatic carbocycles. The van der Waals surface area contributed by atoms with E-state index in [1.54, 1.807) is 0 Å². The molecule has 1 unspecified atom stereocenters. The van der Waals surface area contributed by atoms with Gasteiger partial charge in [0.05, 0.1) is 0 Å². The maximum absolute atomic E-state index is 5.93. The molecule has 0 heterocycles. The van der Waals surface area contributed by atoms with Crippen molar-refractivity contribution in [2.45, 2.75) is 51.3 Å². The van der Waals surface area contributed by atoms with E-state index in [9.17, 15) is 0 Å². The summed E-state index contributed by atoms with van der Waals surface area (Å²) in [7, 11) is 0. The molecule has 12 heavy (non-hydrogen) atoms. The molecule has 0 bridgehead atoms. The van der Waals surface area contributed by atoms with Crippen LogP contribution in [0.3, 0.4) is 0 Å². The van der Waals surface area contributed by atoms with Crippen LogP contribution in [0, 0.1) is 0 Å². The summed E-state index contributed by atoms with van der Waals surface area (Å²) in [5.74, 6) is 0. The van der Waals surface area contributed by atoms with Crippen LogP contribution in [0.1, 0.15) is 46.0 Å². The van der Waals surface area contributed by atoms with E-state index in [0.717, 1.165) is 17.9 Å². The first kappa shape index (κ1) is 12.3. The van der Waals surface area contributed by atoms with Gasteiger partial charge in [-0.2, -0.15) is 0 Å². The summed E-state index contributed by atoms with van der Waals surface area (Å²) in [6.45, 7) is 4.16. The van der Waals surface area contributed by atoms with Gasteiger partial charge in [-0.05, 0) is 26.2 Å². The molecule has 0 aliphatic heterocycles. The minimum atomic E-state index is 0.153. The van der Waals surface area contributed by atoms with Gasteiger partial charge in [-0.15, -0.1) is 11.6 Å². The fourth-order valence-electron chi connectivity index (χ4n) is 1.01. The van der Waals surface area contributed by atoms with Crippen molar-refractivity contribution in [2.75, 3.05) is 0 Å². The second kappa shape index (κ2) is 7.94. The zero-order chi connectivity index (χ0) is 9.40. The van der Waals surface area contributed by atoms with Crippen molar-refractivity contribution in [3.05, 3.63) is 11.1 Å². The van der Waals surface area contributed by atoms with Gasteiger partial charge in [0, 0.05) is 10.4 Å². The van der Waals surface area contributed by atoms with Crippen LogP contribution in [0.15, 0.2) is 11.1 Å². The maximum Gasteiger partial charge on any atom is 0.0356 e. The number of rotatable bonds is 6. The minimum absolute atomic E-state index is 0.153. The van der Waals surface area contributed by atoms with E-state index in [0.29, 0.717) is 0 Å². The largest absolute Gasteiger partial charge is 0.123 e. The zero-order valence-corrected chi connectivity index (χ0v) is 9.46. The van der Waals surface area contributed by atoms with Gasteiger partial charge in [0.15, 0.2) is 0 Å². The summed E-state index contributed by atoms with van der Waals surface area (Å²) in [6.07, 6.45) is 7.78. The van der Waals surface area contributed by atoms with E-state index in [1.165, 1.54) is 19.3 Å². The highest BCUT2D eigenvalue weighted by molar-refractivity contribution is 6.30. The summed E-state index contributed by atoms with van der Waals surface area (Å²) >= 11 is 11.7. The van der Waals surface area contributed by atoms with E-state index in [1.807, 2.05) is 6.92 Å². The Morgan fingerprint density at radius 3 is 2.58 bits per heavy atom. The monoisotopic (exact) mass is 208 g/mol. The molecule has 0 saturated carbocycles. The highest BCUT2D eigenvalue weighted by Gasteiger charge is 1.98. The first-order valence-electron chi connectivity index (χ1n) is 4.65. The number of hydrogen-bond donors (Lipinski definition) is 0. The van der Waals surface area contributed by atoms with Gasteiger partial charge in [-0.1, -0.05) is 37.4 Å². The molecule has 0 fully saturated rings. The predicted octanol–water partition coefficient (Wildman–Crippen LogP) is 4.71. The molecule has 0 aliphatic rings. The minimum Gasteiger partial charge on any atom is -0.123 e. The van der Waals surface area contributed by atoms with Crippen molar-refractivity contribution in [2.24, 2.45) is 0 Å². The van der Waals surface area contributed by atoms with Crippen molar-refractivity contribution in [1.82, 2.24) is 0 Å². The molecule has 0 aromatic heterocycles. The van der Waals surface area contributed by atoms with Gasteiger partial charge in [-0.25, -0.2) is 0 Å². The quantitative estimate of drug-likeness (QED) is 0.439. The molecule has 2 heteroatoms. The molecule has 0 spiro atoms. The normalized spacial score (nSPS) is 14.8. The van der Waals surface area contributed by atoms with Crippen molar-refractivity contribution in [3.63, 3.8) is 0 Å². The Balaban J connectivity index is 3.41. The second-order valence-corrected chi connectivity index (χ2v) is 4.36. The average molecular weight is 209 g/mol. The molecule has 0 saturated heterocycles. The summed E-state index contributed by atoms with van der Waals surface area (Å²) < 4.78 is 0. The molecule has 0 radical (unpaired) electrons. The SMILES string of the molecule is CCCCC/C=C(/Cl)CC(C)Cl. The predicted molar refractivity (Wildman–Crippen MR) is 58.0 cm³/mol. The fraction of sp³-hybridized carbons (Fsp3) is 0.800. The van der Waals surface area contributed by atoms with Gasteiger partial charge in [-0.3, -0.25) is 0 Å². The lowest BCUT2D eigenvalue weighted by Gasteiger charge is -2.00. The van der Waals surface area contributed by atoms with Gasteiger partial charge in [0.2, 0.25) is 0 Å². The fourth-order valence-corrected chi connectivity index (χ4v) is 1.59. The third-order valence-electron chi connectivity index (χ3n) is 1.65. The molecular formula is C10H18Cl2. The molecule has 72 valence electrons. The first-order valence-corrected chi connectivity index (χ1v) is 5.46. The van der Waals surface area contributed by atoms with E-state index >= 15 is 0 Å². The van der Waals surface area contributed by atoms with Gasteiger partial charge >= 0.3 is 0 Å². The van der Waals surface area contributed by atoms with Crippen LogP contribution in [0.2, 0.25) is 0 Å². The summed E-state index contributed by atoms with van der Waals surface area (Å²) in [5, 5.41) is 1.06. The van der Waals surface area contributed by atoms with Crippen LogP contribution >= 0.6 is 23.2 Å². The third-order valence-corrected chi connectivity index (χ3v) is 2.11. The van der Waals surface area contributed by atoms with Crippen LogP contribution in [0.5, 0.6) is 0 Å². The Hall–Kier alpha value is 0.320. The Morgan fingerprint density at radius 1 is 1.42 bits per heavy atom. The number of halogens is 2. The molecule has 0 amide bonds. The van der Waals surface area contributed by atoms with Crippen LogP contribution in [0.4, 0.5) is 0 Å². The van der Waals surface area contributed by atoms with Crippen molar-refractivity contribution < 1.29 is 0 Å². The Labute approximate surface area is 85.9 Å². The van der Waals surface area contributed by atoms with Crippen molar-refractivity contribution in [3.8, 4) is 0 Å². The second-order valence-electron chi connectivity index (χ2n) is 3.13. The third kappa shape index (κ3) is 8.42. The topological polar surface area (TPSA) is 0 Å². The van der Waals surface area contributed by atoms with E-state index in [-0.39, 0.29) is 5.38 Å². The summed E-state index contributed by atoms with van der Waals surface area (Å²) in [5.41, 5.74) is 0. The first-order chi connectivity index (χ1) is 5.66. The van der Waals surface area contributed by atoms with E-state index < -0.39 is 0 Å². The number of hydrogen-bond acceptors (Lipinski definition) is 0. The number of alkyl halides is 1. The molecule has 0 aromatic rings. The van der Waals surface area contributed by atoms with Crippen molar-refractivity contribution >= 4 is 23.2 Å². The summed E-state index contributed by atoms with van der Waals surface area (Å²) in [4.78, 5) is 0. The smallest absolute Gasteiger partial charge is 0.0356 e. The Bertz CT molecular complexity index is 128. The van der Waals surface area contributed by atoms with E-state index in [2.05, 4.69) is 13.0 Å². The van der Waals surface area contributed by atoms with Crippen LogP contribution in [-0.2, 0) is 0 Å². The molecule has 0 nitrogen and oxygen atoms in total. The Kier molecular flexibility index (Phi) is 8.15. The molecule has 0 aliphatic carbocycles. The van der Waals surface area contributed by atoms with Crippen LogP contribution in [-0.4, -0.2) is 5.38 Å². The average Bonchev–Trinajstić information content (AvgIpc) is 1.97. The van der Waals surface area contributed by atoms with E-state index in [4.69, 9.17) is 23.2 Å². The lowest BCUT2D eigenvalue weighted by atomic mass is 10.2. The molecule has 0 rings (SSSR count). The molecule has 0 N–H and O–H groups in total. The standard InChI is InChI=1S/C10H18Cl2/c1-3-4-5-6-7-10(12)8-9(2)11/h7,9H,3-6,8H2,1-2H3/b10-7+.